The van der Waals surface area contributed by atoms with E-state index in [9.17, 15) is 48.3 Å². The fraction of sp³-hybridized carbons (Fsp3) is 0.600. The number of likely N-dealkylation sites (tertiary alicyclic amines) is 1. The number of likely N-dealkylation sites (N-methyl/N-ethyl adjacent to an activating group) is 2. The first-order valence-electron chi connectivity index (χ1n) is 24.3. The molecule has 0 radical (unpaired) electrons. The molecule has 0 aliphatic carbocycles. The normalized spacial score (nSPS) is 17.5. The van der Waals surface area contributed by atoms with E-state index in [1.165, 1.54) is 24.5 Å². The van der Waals surface area contributed by atoms with Crippen LogP contribution in [-0.2, 0) is 49.5 Å². The molecule has 0 spiro atoms. The van der Waals surface area contributed by atoms with E-state index < -0.39 is 53.9 Å². The van der Waals surface area contributed by atoms with Gasteiger partial charge in [-0.25, -0.2) is 4.98 Å². The molecule has 2 aliphatic rings. The van der Waals surface area contributed by atoms with Gasteiger partial charge < -0.3 is 36.0 Å². The Morgan fingerprint density at radius 3 is 2.23 bits per heavy atom. The summed E-state index contributed by atoms with van der Waals surface area (Å²) in [5.74, 6) is -5.11. The Kier molecular flexibility index (Phi) is 22.1. The number of aromatic nitrogens is 1. The van der Waals surface area contributed by atoms with Crippen molar-refractivity contribution in [1.29, 1.82) is 0 Å². The molecule has 384 valence electrons. The molecule has 19 nitrogen and oxygen atoms in total. The molecule has 70 heavy (non-hydrogen) atoms. The van der Waals surface area contributed by atoms with Crippen molar-refractivity contribution in [2.24, 2.45) is 17.8 Å². The van der Waals surface area contributed by atoms with Crippen LogP contribution in [0.2, 0.25) is 0 Å². The molecule has 4 rings (SSSR count). The van der Waals surface area contributed by atoms with E-state index in [4.69, 9.17) is 4.74 Å². The number of carbonyl (C=O) groups is 9. The SMILES string of the molecule is CC[C@H](C)[C@H](NC(=O)[C@H]1CCCCN1C)C(=O)N(C)[C@H](C[C@@H](OC(C)=O)c1nc(C(=O)N[C@@H](Cc2ccc(NC(=O)CNC(=O)CCCCCN3C(=O)C=CC3=O)cc2)CC(C)C(=O)O)cs1)C(C)C. The summed E-state index contributed by atoms with van der Waals surface area (Å²) < 4.78 is 5.80. The van der Waals surface area contributed by atoms with Gasteiger partial charge in [0.25, 0.3) is 17.7 Å². The van der Waals surface area contributed by atoms with E-state index in [2.05, 4.69) is 26.3 Å². The maximum Gasteiger partial charge on any atom is 0.306 e. The Morgan fingerprint density at radius 2 is 1.61 bits per heavy atom. The molecule has 1 aromatic carbocycles. The first-order chi connectivity index (χ1) is 33.2. The summed E-state index contributed by atoms with van der Waals surface area (Å²) >= 11 is 1.12. The number of rotatable bonds is 27. The highest BCUT2D eigenvalue weighted by atomic mass is 32.1. The lowest BCUT2D eigenvalue weighted by Crippen LogP contribution is -2.58. The predicted octanol–water partition coefficient (Wildman–Crippen LogP) is 4.63. The number of nitrogens with one attached hydrogen (secondary N) is 4. The molecular weight excluding hydrogens is 921 g/mol. The lowest BCUT2D eigenvalue weighted by atomic mass is 9.92. The number of hydrogen-bond donors (Lipinski definition) is 5. The van der Waals surface area contributed by atoms with Crippen LogP contribution in [0.1, 0.15) is 133 Å². The molecule has 1 saturated heterocycles. The largest absolute Gasteiger partial charge is 0.481 e. The number of imide groups is 1. The van der Waals surface area contributed by atoms with Crippen LogP contribution in [0.3, 0.4) is 0 Å². The quantitative estimate of drug-likeness (QED) is 0.0466. The van der Waals surface area contributed by atoms with E-state index >= 15 is 0 Å². The topological polar surface area (TPSA) is 254 Å². The van der Waals surface area contributed by atoms with E-state index in [0.717, 1.165) is 47.6 Å². The van der Waals surface area contributed by atoms with E-state index in [0.29, 0.717) is 36.4 Å². The minimum atomic E-state index is -1.03. The highest BCUT2D eigenvalue weighted by molar-refractivity contribution is 7.09. The number of esters is 1. The monoisotopic (exact) mass is 993 g/mol. The molecule has 20 heteroatoms. The van der Waals surface area contributed by atoms with Crippen molar-refractivity contribution in [2.75, 3.05) is 39.0 Å². The molecule has 3 heterocycles. The van der Waals surface area contributed by atoms with Crippen molar-refractivity contribution >= 4 is 70.3 Å². The van der Waals surface area contributed by atoms with Crippen molar-refractivity contribution in [3.05, 3.63) is 58.1 Å². The van der Waals surface area contributed by atoms with Gasteiger partial charge in [-0.3, -0.25) is 53.0 Å². The number of carbonyl (C=O) groups excluding carboxylic acids is 8. The van der Waals surface area contributed by atoms with Gasteiger partial charge in [0.2, 0.25) is 23.6 Å². The molecule has 0 bridgehead atoms. The highest BCUT2D eigenvalue weighted by Gasteiger charge is 2.37. The van der Waals surface area contributed by atoms with Gasteiger partial charge in [0.05, 0.1) is 18.5 Å². The number of piperidine rings is 1. The molecule has 7 amide bonds. The summed E-state index contributed by atoms with van der Waals surface area (Å²) in [5, 5.41) is 23.0. The third kappa shape index (κ3) is 17.1. The number of nitrogens with zero attached hydrogens (tertiary/aromatic N) is 4. The van der Waals surface area contributed by atoms with Gasteiger partial charge in [0.15, 0.2) is 6.10 Å². The van der Waals surface area contributed by atoms with Crippen LogP contribution in [0.15, 0.2) is 41.8 Å². The second kappa shape index (κ2) is 27.4. The molecule has 1 aromatic heterocycles. The van der Waals surface area contributed by atoms with E-state index in [-0.39, 0.29) is 91.9 Å². The fourth-order valence-corrected chi connectivity index (χ4v) is 9.44. The molecule has 5 N–H and O–H groups in total. The van der Waals surface area contributed by atoms with Gasteiger partial charge in [0, 0.05) is 68.7 Å². The number of hydrogen-bond acceptors (Lipinski definition) is 13. The molecule has 2 aliphatic heterocycles. The molecule has 1 fully saturated rings. The standard InChI is InChI=1S/C50H72N8O11S/c1-9-31(4)45(55-47(65)38-15-12-14-23-56(38)7)49(66)57(8)39(30(2)3)27-40(69-33(6)59)48-54-37(29-70-48)46(64)53-36(25-32(5)50(67)68)26-34-17-19-35(20-18-34)52-42(61)28-51-41(60)16-11-10-13-24-58-43(62)21-22-44(58)63/h17-22,29-32,36,38-40,45H,9-16,23-28H2,1-8H3,(H,51,60)(H,52,61)(H,53,64)(H,55,65)(H,67,68)/t31-,32?,36+,38+,39+,40+,45-/m0/s1. The summed E-state index contributed by atoms with van der Waals surface area (Å²) in [4.78, 5) is 124. The molecule has 0 saturated carbocycles. The first-order valence-corrected chi connectivity index (χ1v) is 25.2. The Morgan fingerprint density at radius 1 is 0.929 bits per heavy atom. The van der Waals surface area contributed by atoms with E-state index in [1.807, 2.05) is 39.6 Å². The maximum absolute atomic E-state index is 14.3. The number of carboxylic acids is 1. The Hall–Kier alpha value is -6.02. The maximum atomic E-state index is 14.3. The van der Waals surface area contributed by atoms with Crippen LogP contribution < -0.4 is 21.3 Å². The fourth-order valence-electron chi connectivity index (χ4n) is 8.60. The smallest absolute Gasteiger partial charge is 0.306 e. The average Bonchev–Trinajstić information content (AvgIpc) is 3.94. The second-order valence-electron chi connectivity index (χ2n) is 18.9. The zero-order chi connectivity index (χ0) is 51.7. The van der Waals surface area contributed by atoms with Crippen LogP contribution in [-0.4, -0.2) is 136 Å². The first kappa shape index (κ1) is 56.6. The van der Waals surface area contributed by atoms with Gasteiger partial charge in [-0.2, -0.15) is 0 Å². The number of amides is 7. The van der Waals surface area contributed by atoms with Gasteiger partial charge in [-0.05, 0) is 81.6 Å². The van der Waals surface area contributed by atoms with Gasteiger partial charge in [-0.1, -0.05) is 66.0 Å². The number of anilines is 1. The zero-order valence-electron chi connectivity index (χ0n) is 41.8. The van der Waals surface area contributed by atoms with Gasteiger partial charge in [-0.15, -0.1) is 11.3 Å². The molecular formula is C50H72N8O11S. The third-order valence-electron chi connectivity index (χ3n) is 13.0. The van der Waals surface area contributed by atoms with Crippen LogP contribution in [0, 0.1) is 17.8 Å². The predicted molar refractivity (Wildman–Crippen MR) is 263 cm³/mol. The summed E-state index contributed by atoms with van der Waals surface area (Å²) in [5.41, 5.74) is 1.24. The lowest BCUT2D eigenvalue weighted by Gasteiger charge is -2.38. The number of aliphatic carboxylic acids is 1. The molecule has 1 unspecified atom stereocenters. The molecule has 7 atom stereocenters. The number of carboxylic acid groups (broad SMARTS) is 1. The van der Waals surface area contributed by atoms with Crippen LogP contribution in [0.25, 0.3) is 0 Å². The average molecular weight is 993 g/mol. The van der Waals surface area contributed by atoms with Crippen LogP contribution in [0.4, 0.5) is 5.69 Å². The lowest BCUT2D eigenvalue weighted by molar-refractivity contribution is -0.149. The van der Waals surface area contributed by atoms with Gasteiger partial charge in [0.1, 0.15) is 16.7 Å². The van der Waals surface area contributed by atoms with Crippen molar-refractivity contribution in [1.82, 2.24) is 35.6 Å². The highest BCUT2D eigenvalue weighted by Crippen LogP contribution is 2.31. The number of benzene rings is 1. The summed E-state index contributed by atoms with van der Waals surface area (Å²) in [6.45, 7) is 11.5. The Balaban J connectivity index is 1.36. The Bertz CT molecular complexity index is 2180. The summed E-state index contributed by atoms with van der Waals surface area (Å²) in [6, 6.07) is 4.61. The van der Waals surface area contributed by atoms with E-state index in [1.54, 1.807) is 43.1 Å². The molecule has 2 aromatic rings. The van der Waals surface area contributed by atoms with Gasteiger partial charge >= 0.3 is 11.9 Å². The van der Waals surface area contributed by atoms with Crippen LogP contribution in [0.5, 0.6) is 0 Å². The third-order valence-corrected chi connectivity index (χ3v) is 13.9. The van der Waals surface area contributed by atoms with Crippen molar-refractivity contribution in [3.8, 4) is 0 Å². The zero-order valence-corrected chi connectivity index (χ0v) is 42.6. The van der Waals surface area contributed by atoms with Crippen molar-refractivity contribution < 1.29 is 53.0 Å². The minimum Gasteiger partial charge on any atom is -0.481 e. The number of unbranched alkanes of at least 4 members (excludes halogenated alkanes) is 2. The summed E-state index contributed by atoms with van der Waals surface area (Å²) in [6.07, 6.45) is 7.26. The number of thiazole rings is 1. The minimum absolute atomic E-state index is 0.0405. The second-order valence-corrected chi connectivity index (χ2v) is 19.8. The Labute approximate surface area is 414 Å². The van der Waals surface area contributed by atoms with Crippen molar-refractivity contribution in [3.63, 3.8) is 0 Å². The van der Waals surface area contributed by atoms with Crippen molar-refractivity contribution in [2.45, 2.75) is 142 Å². The summed E-state index contributed by atoms with van der Waals surface area (Å²) in [7, 11) is 3.61. The number of ether oxygens (including phenoxy) is 1. The van der Waals surface area contributed by atoms with Crippen LogP contribution >= 0.6 is 11.3 Å².